The van der Waals surface area contributed by atoms with Crippen molar-refractivity contribution in [3.8, 4) is 0 Å². The third-order valence-electron chi connectivity index (χ3n) is 1.42. The molecule has 74 valence electrons. The van der Waals surface area contributed by atoms with Crippen molar-refractivity contribution in [1.82, 2.24) is 0 Å². The van der Waals surface area contributed by atoms with Gasteiger partial charge in [0.15, 0.2) is 0 Å². The summed E-state index contributed by atoms with van der Waals surface area (Å²) in [5.41, 5.74) is 0. The number of hydrogen-bond acceptors (Lipinski definition) is 4. The smallest absolute Gasteiger partial charge is 0.149 e. The van der Waals surface area contributed by atoms with Crippen LogP contribution in [0.15, 0.2) is 22.8 Å². The second-order valence-electron chi connectivity index (χ2n) is 2.76. The Labute approximate surface area is 77.4 Å². The minimum absolute atomic E-state index is 0.0493. The van der Waals surface area contributed by atoms with Crippen molar-refractivity contribution in [2.24, 2.45) is 0 Å². The van der Waals surface area contributed by atoms with Crippen LogP contribution in [0.5, 0.6) is 0 Å². The predicted octanol–water partition coefficient (Wildman–Crippen LogP) is 0.841. The standard InChI is InChI=1S/C8H12O4S/c1-13(9,10)6-5-11-7-8-3-2-4-12-8/h2-4H,5-7H2,1H3. The van der Waals surface area contributed by atoms with E-state index in [0.717, 1.165) is 0 Å². The van der Waals surface area contributed by atoms with E-state index < -0.39 is 9.84 Å². The lowest BCUT2D eigenvalue weighted by atomic mass is 10.5. The Morgan fingerprint density at radius 2 is 2.31 bits per heavy atom. The van der Waals surface area contributed by atoms with Gasteiger partial charge in [0.05, 0.1) is 18.6 Å². The summed E-state index contributed by atoms with van der Waals surface area (Å²) in [6.45, 7) is 0.530. The van der Waals surface area contributed by atoms with Gasteiger partial charge in [-0.05, 0) is 12.1 Å². The molecular weight excluding hydrogens is 192 g/mol. The molecule has 0 atom stereocenters. The summed E-state index contributed by atoms with van der Waals surface area (Å²) in [7, 11) is -2.92. The molecule has 4 nitrogen and oxygen atoms in total. The summed E-state index contributed by atoms with van der Waals surface area (Å²) in [4.78, 5) is 0. The fraction of sp³-hybridized carbons (Fsp3) is 0.500. The minimum atomic E-state index is -2.92. The fourth-order valence-electron chi connectivity index (χ4n) is 0.778. The van der Waals surface area contributed by atoms with Gasteiger partial charge >= 0.3 is 0 Å². The highest BCUT2D eigenvalue weighted by molar-refractivity contribution is 7.90. The first-order valence-electron chi connectivity index (χ1n) is 3.86. The van der Waals surface area contributed by atoms with E-state index >= 15 is 0 Å². The predicted molar refractivity (Wildman–Crippen MR) is 48.1 cm³/mol. The van der Waals surface area contributed by atoms with Gasteiger partial charge in [-0.2, -0.15) is 0 Å². The van der Waals surface area contributed by atoms with Crippen molar-refractivity contribution in [2.75, 3.05) is 18.6 Å². The summed E-state index contributed by atoms with van der Waals surface area (Å²) in [6, 6.07) is 3.54. The molecule has 0 spiro atoms. The quantitative estimate of drug-likeness (QED) is 0.667. The Bertz CT molecular complexity index is 325. The number of ether oxygens (including phenoxy) is 1. The first kappa shape index (κ1) is 10.3. The van der Waals surface area contributed by atoms with Gasteiger partial charge in [-0.3, -0.25) is 0 Å². The van der Waals surface area contributed by atoms with E-state index in [1.165, 1.54) is 6.26 Å². The topological polar surface area (TPSA) is 56.5 Å². The van der Waals surface area contributed by atoms with Crippen molar-refractivity contribution < 1.29 is 17.6 Å². The largest absolute Gasteiger partial charge is 0.467 e. The SMILES string of the molecule is CS(=O)(=O)CCOCc1ccco1. The number of rotatable bonds is 5. The zero-order valence-electron chi connectivity index (χ0n) is 7.39. The average molecular weight is 204 g/mol. The van der Waals surface area contributed by atoms with Crippen molar-refractivity contribution in [3.05, 3.63) is 24.2 Å². The van der Waals surface area contributed by atoms with Gasteiger partial charge in [-0.15, -0.1) is 0 Å². The molecule has 0 aromatic carbocycles. The van der Waals surface area contributed by atoms with Crippen molar-refractivity contribution in [2.45, 2.75) is 6.61 Å². The zero-order chi connectivity index (χ0) is 9.73. The van der Waals surface area contributed by atoms with Crippen LogP contribution in [0.2, 0.25) is 0 Å². The molecule has 0 aliphatic rings. The molecule has 1 aromatic rings. The van der Waals surface area contributed by atoms with Crippen LogP contribution < -0.4 is 0 Å². The lowest BCUT2D eigenvalue weighted by Crippen LogP contribution is -2.09. The molecule has 5 heteroatoms. The molecule has 0 N–H and O–H groups in total. The van der Waals surface area contributed by atoms with Gasteiger partial charge in [0, 0.05) is 6.26 Å². The number of hydrogen-bond donors (Lipinski definition) is 0. The Morgan fingerprint density at radius 3 is 2.85 bits per heavy atom. The van der Waals surface area contributed by atoms with Crippen LogP contribution in [0.1, 0.15) is 5.76 Å². The van der Waals surface area contributed by atoms with Gasteiger partial charge in [0.1, 0.15) is 22.2 Å². The summed E-state index contributed by atoms with van der Waals surface area (Å²) in [6.07, 6.45) is 2.73. The van der Waals surface area contributed by atoms with Crippen LogP contribution >= 0.6 is 0 Å². The second kappa shape index (κ2) is 4.43. The maximum atomic E-state index is 10.7. The maximum absolute atomic E-state index is 10.7. The highest BCUT2D eigenvalue weighted by Gasteiger charge is 2.02. The highest BCUT2D eigenvalue weighted by Crippen LogP contribution is 2.01. The molecule has 0 aliphatic carbocycles. The van der Waals surface area contributed by atoms with Gasteiger partial charge < -0.3 is 9.15 Å². The second-order valence-corrected chi connectivity index (χ2v) is 5.02. The molecule has 0 bridgehead atoms. The van der Waals surface area contributed by atoms with Crippen molar-refractivity contribution in [3.63, 3.8) is 0 Å². The molecule has 0 aliphatic heterocycles. The molecular formula is C8H12O4S. The normalized spacial score (nSPS) is 11.8. The first-order chi connectivity index (χ1) is 6.08. The number of sulfone groups is 1. The van der Waals surface area contributed by atoms with Gasteiger partial charge in [-0.1, -0.05) is 0 Å². The van der Waals surface area contributed by atoms with Crippen LogP contribution in [0, 0.1) is 0 Å². The first-order valence-corrected chi connectivity index (χ1v) is 5.92. The molecule has 0 radical (unpaired) electrons. The minimum Gasteiger partial charge on any atom is -0.467 e. The van der Waals surface area contributed by atoms with Crippen LogP contribution in [-0.2, 0) is 21.2 Å². The Hall–Kier alpha value is -0.810. The molecule has 1 heterocycles. The Balaban J connectivity index is 2.16. The van der Waals surface area contributed by atoms with E-state index in [0.29, 0.717) is 12.4 Å². The Morgan fingerprint density at radius 1 is 1.54 bits per heavy atom. The van der Waals surface area contributed by atoms with Gasteiger partial charge in [0.2, 0.25) is 0 Å². The third kappa shape index (κ3) is 4.69. The summed E-state index contributed by atoms with van der Waals surface area (Å²) >= 11 is 0. The molecule has 13 heavy (non-hydrogen) atoms. The van der Waals surface area contributed by atoms with E-state index in [4.69, 9.17) is 9.15 Å². The van der Waals surface area contributed by atoms with E-state index in [1.54, 1.807) is 18.4 Å². The van der Waals surface area contributed by atoms with Crippen molar-refractivity contribution >= 4 is 9.84 Å². The van der Waals surface area contributed by atoms with E-state index in [2.05, 4.69) is 0 Å². The van der Waals surface area contributed by atoms with Crippen LogP contribution in [-0.4, -0.2) is 27.0 Å². The van der Waals surface area contributed by atoms with Crippen LogP contribution in [0.3, 0.4) is 0 Å². The fourth-order valence-corrected chi connectivity index (χ4v) is 1.20. The highest BCUT2D eigenvalue weighted by atomic mass is 32.2. The van der Waals surface area contributed by atoms with Gasteiger partial charge in [-0.25, -0.2) is 8.42 Å². The van der Waals surface area contributed by atoms with E-state index in [-0.39, 0.29) is 12.4 Å². The summed E-state index contributed by atoms with van der Waals surface area (Å²) in [5, 5.41) is 0. The Kier molecular flexibility index (Phi) is 3.50. The monoisotopic (exact) mass is 204 g/mol. The average Bonchev–Trinajstić information content (AvgIpc) is 2.48. The number of furan rings is 1. The molecule has 1 rings (SSSR count). The molecule has 0 fully saturated rings. The van der Waals surface area contributed by atoms with E-state index in [1.807, 2.05) is 0 Å². The van der Waals surface area contributed by atoms with Crippen molar-refractivity contribution in [1.29, 1.82) is 0 Å². The molecule has 0 saturated heterocycles. The molecule has 0 unspecified atom stereocenters. The lowest BCUT2D eigenvalue weighted by molar-refractivity contribution is 0.119. The zero-order valence-corrected chi connectivity index (χ0v) is 8.21. The van der Waals surface area contributed by atoms with Gasteiger partial charge in [0.25, 0.3) is 0 Å². The summed E-state index contributed by atoms with van der Waals surface area (Å²) in [5.74, 6) is 0.752. The molecule has 0 amide bonds. The summed E-state index contributed by atoms with van der Waals surface area (Å²) < 4.78 is 31.5. The van der Waals surface area contributed by atoms with Crippen LogP contribution in [0.4, 0.5) is 0 Å². The molecule has 1 aromatic heterocycles. The van der Waals surface area contributed by atoms with E-state index in [9.17, 15) is 8.42 Å². The van der Waals surface area contributed by atoms with Crippen LogP contribution in [0.25, 0.3) is 0 Å². The lowest BCUT2D eigenvalue weighted by Gasteiger charge is -1.99. The molecule has 0 saturated carbocycles. The third-order valence-corrected chi connectivity index (χ3v) is 2.33. The maximum Gasteiger partial charge on any atom is 0.149 e.